The van der Waals surface area contributed by atoms with Gasteiger partial charge >= 0.3 is 0 Å². The number of anilines is 2. The van der Waals surface area contributed by atoms with Crippen LogP contribution in [0.4, 0.5) is 11.4 Å². The number of carbonyl (C=O) groups excluding carboxylic acids is 1. The number of pyridine rings is 1. The Labute approximate surface area is 143 Å². The number of methoxy groups -OCH3 is 1. The fourth-order valence-electron chi connectivity index (χ4n) is 2.64. The van der Waals surface area contributed by atoms with Crippen molar-refractivity contribution in [1.82, 2.24) is 4.98 Å². The van der Waals surface area contributed by atoms with Crippen molar-refractivity contribution in [1.29, 1.82) is 0 Å². The molecule has 0 bridgehead atoms. The molecule has 0 aliphatic carbocycles. The number of nitrogens with zero attached hydrogens (tertiary/aromatic N) is 1. The van der Waals surface area contributed by atoms with Gasteiger partial charge in [-0.1, -0.05) is 17.7 Å². The largest absolute Gasteiger partial charge is 0.385 e. The molecule has 1 heterocycles. The van der Waals surface area contributed by atoms with Crippen molar-refractivity contribution in [2.45, 2.75) is 27.2 Å². The highest BCUT2D eigenvalue weighted by Crippen LogP contribution is 2.22. The molecule has 24 heavy (non-hydrogen) atoms. The lowest BCUT2D eigenvalue weighted by Crippen LogP contribution is -2.15. The van der Waals surface area contributed by atoms with Gasteiger partial charge < -0.3 is 15.4 Å². The van der Waals surface area contributed by atoms with Crippen molar-refractivity contribution < 1.29 is 9.53 Å². The minimum absolute atomic E-state index is 0.198. The summed E-state index contributed by atoms with van der Waals surface area (Å²) in [5.41, 5.74) is 5.44. The number of aryl methyl sites for hydroxylation is 3. The quantitative estimate of drug-likeness (QED) is 0.761. The zero-order valence-corrected chi connectivity index (χ0v) is 14.8. The summed E-state index contributed by atoms with van der Waals surface area (Å²) >= 11 is 0. The van der Waals surface area contributed by atoms with E-state index >= 15 is 0 Å². The molecule has 0 fully saturated rings. The molecular formula is C19H25N3O2. The highest BCUT2D eigenvalue weighted by molar-refractivity contribution is 6.03. The Kier molecular flexibility index (Phi) is 6.32. The number of benzene rings is 1. The Balaban J connectivity index is 2.00. The van der Waals surface area contributed by atoms with Crippen molar-refractivity contribution in [3.05, 3.63) is 52.8 Å². The number of aromatic nitrogens is 1. The SMILES string of the molecule is COCCCNc1ccc(C(=O)Nc2c(C)cc(C)cc2C)nc1. The standard InChI is InChI=1S/C19H25N3O2/c1-13-10-14(2)18(15(3)11-13)22-19(23)17-7-6-16(12-21-17)20-8-5-9-24-4/h6-7,10-12,20H,5,8-9H2,1-4H3,(H,22,23). The average molecular weight is 327 g/mol. The van der Waals surface area contributed by atoms with Gasteiger partial charge in [-0.05, 0) is 50.5 Å². The van der Waals surface area contributed by atoms with Crippen LogP contribution in [0, 0.1) is 20.8 Å². The molecule has 5 nitrogen and oxygen atoms in total. The van der Waals surface area contributed by atoms with E-state index in [0.29, 0.717) is 5.69 Å². The molecule has 0 saturated carbocycles. The molecule has 0 aliphatic heterocycles. The molecule has 5 heteroatoms. The first-order chi connectivity index (χ1) is 11.5. The van der Waals surface area contributed by atoms with Gasteiger partial charge in [0.2, 0.25) is 0 Å². The number of rotatable bonds is 7. The van der Waals surface area contributed by atoms with Gasteiger partial charge in [-0.15, -0.1) is 0 Å². The molecule has 0 radical (unpaired) electrons. The summed E-state index contributed by atoms with van der Waals surface area (Å²) in [6.07, 6.45) is 2.60. The van der Waals surface area contributed by atoms with Crippen LogP contribution in [0.5, 0.6) is 0 Å². The lowest BCUT2D eigenvalue weighted by molar-refractivity contribution is 0.102. The van der Waals surface area contributed by atoms with E-state index in [9.17, 15) is 4.79 Å². The second-order valence-corrected chi connectivity index (χ2v) is 5.93. The first-order valence-electron chi connectivity index (χ1n) is 8.09. The second-order valence-electron chi connectivity index (χ2n) is 5.93. The normalized spacial score (nSPS) is 10.5. The summed E-state index contributed by atoms with van der Waals surface area (Å²) in [5.74, 6) is -0.198. The van der Waals surface area contributed by atoms with E-state index in [0.717, 1.165) is 42.1 Å². The van der Waals surface area contributed by atoms with Crippen molar-refractivity contribution >= 4 is 17.3 Å². The molecule has 1 amide bonds. The van der Waals surface area contributed by atoms with Crippen molar-refractivity contribution in [3.63, 3.8) is 0 Å². The van der Waals surface area contributed by atoms with Gasteiger partial charge in [0.1, 0.15) is 5.69 Å². The van der Waals surface area contributed by atoms with Crippen LogP contribution in [0.1, 0.15) is 33.6 Å². The molecule has 0 unspecified atom stereocenters. The second kappa shape index (κ2) is 8.45. The third-order valence-electron chi connectivity index (χ3n) is 3.77. The third-order valence-corrected chi connectivity index (χ3v) is 3.77. The first-order valence-corrected chi connectivity index (χ1v) is 8.09. The highest BCUT2D eigenvalue weighted by Gasteiger charge is 2.11. The summed E-state index contributed by atoms with van der Waals surface area (Å²) in [7, 11) is 1.69. The fourth-order valence-corrected chi connectivity index (χ4v) is 2.64. The van der Waals surface area contributed by atoms with Crippen molar-refractivity contribution in [2.24, 2.45) is 0 Å². The van der Waals surface area contributed by atoms with E-state index in [4.69, 9.17) is 4.74 Å². The predicted octanol–water partition coefficient (Wildman–Crippen LogP) is 3.71. The number of amides is 1. The zero-order chi connectivity index (χ0) is 17.5. The van der Waals surface area contributed by atoms with E-state index in [1.165, 1.54) is 5.56 Å². The van der Waals surface area contributed by atoms with Crippen LogP contribution in [-0.2, 0) is 4.74 Å². The van der Waals surface area contributed by atoms with Gasteiger partial charge in [-0.3, -0.25) is 4.79 Å². The number of hydrogen-bond donors (Lipinski definition) is 2. The number of carbonyl (C=O) groups is 1. The van der Waals surface area contributed by atoms with Gasteiger partial charge in [0.15, 0.2) is 0 Å². The number of nitrogens with one attached hydrogen (secondary N) is 2. The van der Waals surface area contributed by atoms with Crippen LogP contribution in [0.25, 0.3) is 0 Å². The Bertz CT molecular complexity index is 673. The van der Waals surface area contributed by atoms with E-state index in [-0.39, 0.29) is 5.91 Å². The van der Waals surface area contributed by atoms with E-state index in [1.807, 2.05) is 26.8 Å². The molecular weight excluding hydrogens is 302 g/mol. The maximum atomic E-state index is 12.4. The van der Waals surface area contributed by atoms with Crippen LogP contribution in [-0.4, -0.2) is 31.2 Å². The Morgan fingerprint density at radius 2 is 1.88 bits per heavy atom. The number of hydrogen-bond acceptors (Lipinski definition) is 4. The molecule has 1 aromatic carbocycles. The molecule has 0 atom stereocenters. The van der Waals surface area contributed by atoms with Gasteiger partial charge in [0.05, 0.1) is 11.9 Å². The van der Waals surface area contributed by atoms with Crippen molar-refractivity contribution in [3.8, 4) is 0 Å². The summed E-state index contributed by atoms with van der Waals surface area (Å²) in [6, 6.07) is 7.71. The van der Waals surface area contributed by atoms with Gasteiger partial charge in [-0.2, -0.15) is 0 Å². The van der Waals surface area contributed by atoms with Gasteiger partial charge in [0.25, 0.3) is 5.91 Å². The minimum atomic E-state index is -0.198. The van der Waals surface area contributed by atoms with E-state index in [1.54, 1.807) is 19.4 Å². The molecule has 0 spiro atoms. The predicted molar refractivity (Wildman–Crippen MR) is 97.8 cm³/mol. The molecule has 0 saturated heterocycles. The van der Waals surface area contributed by atoms with Crippen LogP contribution in [0.15, 0.2) is 30.5 Å². The average Bonchev–Trinajstić information content (AvgIpc) is 2.55. The third kappa shape index (κ3) is 4.80. The lowest BCUT2D eigenvalue weighted by atomic mass is 10.0. The van der Waals surface area contributed by atoms with E-state index < -0.39 is 0 Å². The summed E-state index contributed by atoms with van der Waals surface area (Å²) in [5, 5.41) is 6.21. The van der Waals surface area contributed by atoms with Gasteiger partial charge in [-0.25, -0.2) is 4.98 Å². The highest BCUT2D eigenvalue weighted by atomic mass is 16.5. The summed E-state index contributed by atoms with van der Waals surface area (Å²) in [4.78, 5) is 16.6. The molecule has 2 N–H and O–H groups in total. The molecule has 1 aromatic heterocycles. The van der Waals surface area contributed by atoms with Crippen LogP contribution >= 0.6 is 0 Å². The van der Waals surface area contributed by atoms with E-state index in [2.05, 4.69) is 27.8 Å². The van der Waals surface area contributed by atoms with Crippen LogP contribution in [0.2, 0.25) is 0 Å². The summed E-state index contributed by atoms with van der Waals surface area (Å²) in [6.45, 7) is 7.57. The Morgan fingerprint density at radius 3 is 2.46 bits per heavy atom. The van der Waals surface area contributed by atoms with Crippen molar-refractivity contribution in [2.75, 3.05) is 30.9 Å². The maximum Gasteiger partial charge on any atom is 0.274 e. The monoisotopic (exact) mass is 327 g/mol. The molecule has 2 aromatic rings. The molecule has 128 valence electrons. The van der Waals surface area contributed by atoms with Crippen LogP contribution < -0.4 is 10.6 Å². The smallest absolute Gasteiger partial charge is 0.274 e. The Hall–Kier alpha value is -2.40. The lowest BCUT2D eigenvalue weighted by Gasteiger charge is -2.13. The number of ether oxygens (including phenoxy) is 1. The maximum absolute atomic E-state index is 12.4. The fraction of sp³-hybridized carbons (Fsp3) is 0.368. The Morgan fingerprint density at radius 1 is 1.17 bits per heavy atom. The van der Waals surface area contributed by atoms with Crippen LogP contribution in [0.3, 0.4) is 0 Å². The molecule has 0 aliphatic rings. The van der Waals surface area contributed by atoms with Gasteiger partial charge in [0, 0.05) is 25.9 Å². The zero-order valence-electron chi connectivity index (χ0n) is 14.8. The first kappa shape index (κ1) is 17.9. The minimum Gasteiger partial charge on any atom is -0.385 e. The molecule has 2 rings (SSSR count). The summed E-state index contributed by atoms with van der Waals surface area (Å²) < 4.78 is 5.00. The topological polar surface area (TPSA) is 63.2 Å².